The van der Waals surface area contributed by atoms with Crippen molar-refractivity contribution in [2.45, 2.75) is 26.2 Å². The van der Waals surface area contributed by atoms with Crippen LogP contribution in [0.5, 0.6) is 0 Å². The van der Waals surface area contributed by atoms with Gasteiger partial charge in [-0.1, -0.05) is 31.2 Å². The zero-order valence-corrected chi connectivity index (χ0v) is 27.8. The number of amides is 1. The largest absolute Gasteiger partial charge is 0.371 e. The summed E-state index contributed by atoms with van der Waals surface area (Å²) in [6.45, 7) is 8.11. The summed E-state index contributed by atoms with van der Waals surface area (Å²) in [5.41, 5.74) is 7.43. The highest BCUT2D eigenvalue weighted by Crippen LogP contribution is 2.41. The highest BCUT2D eigenvalue weighted by atomic mass is 32.1. The van der Waals surface area contributed by atoms with Crippen molar-refractivity contribution in [3.8, 4) is 22.6 Å². The Morgan fingerprint density at radius 2 is 1.81 bits per heavy atom. The van der Waals surface area contributed by atoms with Crippen LogP contribution in [0, 0.1) is 5.41 Å². The Balaban J connectivity index is 1.03. The maximum Gasteiger partial charge on any atom is 0.229 e. The molecule has 0 radical (unpaired) electrons. The minimum Gasteiger partial charge on any atom is -0.371 e. The number of aromatic nitrogens is 4. The summed E-state index contributed by atoms with van der Waals surface area (Å²) in [5.74, 6) is 0.461. The van der Waals surface area contributed by atoms with Gasteiger partial charge in [-0.15, -0.1) is 11.3 Å². The van der Waals surface area contributed by atoms with Crippen LogP contribution in [0.4, 0.5) is 23.0 Å². The fourth-order valence-electron chi connectivity index (χ4n) is 7.18. The first-order valence-corrected chi connectivity index (χ1v) is 17.5. The SMILES string of the molecule is CCN1CCC2(CCN(c3ccc(Nc4nccc(-c5c(-c6cccc(NC(=O)Cc7cccs7)c6)nc6ccccn56)n4)cc3)C2)C1. The van der Waals surface area contributed by atoms with Crippen LogP contribution in [0.2, 0.25) is 0 Å². The van der Waals surface area contributed by atoms with E-state index in [4.69, 9.17) is 9.97 Å². The summed E-state index contributed by atoms with van der Waals surface area (Å²) in [4.78, 5) is 33.4. The molecule has 4 aromatic heterocycles. The molecule has 9 nitrogen and oxygen atoms in total. The quantitative estimate of drug-likeness (QED) is 0.168. The minimum absolute atomic E-state index is 0.0501. The Bertz CT molecular complexity index is 2060. The number of carbonyl (C=O) groups is 1. The molecule has 1 amide bonds. The molecule has 6 aromatic rings. The minimum atomic E-state index is -0.0501. The molecule has 2 fully saturated rings. The van der Waals surface area contributed by atoms with E-state index in [0.29, 0.717) is 17.8 Å². The standard InChI is InChI=1S/C38H38N8OS/c1-2-44-20-16-38(25-44)17-21-45(26-38)30-13-11-28(12-14-30)41-37-39-18-15-32(42-37)36-35(43-33-10-3-4-19-46(33)36)27-7-5-8-29(23-27)40-34(47)24-31-9-6-22-48-31/h3-15,18-19,22-23H,2,16-17,20-21,24-26H2,1H3,(H,40,47)(H,39,41,42). The molecule has 2 aliphatic heterocycles. The number of rotatable bonds is 9. The smallest absolute Gasteiger partial charge is 0.229 e. The van der Waals surface area contributed by atoms with Gasteiger partial charge in [-0.3, -0.25) is 9.20 Å². The second kappa shape index (κ2) is 12.9. The molecule has 0 aliphatic carbocycles. The highest BCUT2D eigenvalue weighted by molar-refractivity contribution is 7.10. The molecule has 2 aromatic carbocycles. The van der Waals surface area contributed by atoms with Gasteiger partial charge in [0.25, 0.3) is 0 Å². The molecule has 1 spiro atoms. The number of likely N-dealkylation sites (tertiary alicyclic amines) is 1. The van der Waals surface area contributed by atoms with E-state index in [0.717, 1.165) is 64.2 Å². The number of fused-ring (bicyclic) bond motifs is 1. The molecular weight excluding hydrogens is 617 g/mol. The van der Waals surface area contributed by atoms with Crippen molar-refractivity contribution in [2.24, 2.45) is 5.41 Å². The number of nitrogens with zero attached hydrogens (tertiary/aromatic N) is 6. The van der Waals surface area contributed by atoms with Crippen LogP contribution >= 0.6 is 11.3 Å². The Kier molecular flexibility index (Phi) is 8.11. The number of pyridine rings is 1. The van der Waals surface area contributed by atoms with Crippen molar-refractivity contribution in [1.82, 2.24) is 24.3 Å². The summed E-state index contributed by atoms with van der Waals surface area (Å²) < 4.78 is 2.05. The molecule has 2 saturated heterocycles. The first kappa shape index (κ1) is 30.3. The van der Waals surface area contributed by atoms with Gasteiger partial charge in [-0.25, -0.2) is 15.0 Å². The lowest BCUT2D eigenvalue weighted by Gasteiger charge is -2.25. The topological polar surface area (TPSA) is 90.7 Å². The summed E-state index contributed by atoms with van der Waals surface area (Å²) in [6, 6.07) is 28.2. The third-order valence-corrected chi connectivity index (χ3v) is 10.5. The van der Waals surface area contributed by atoms with Gasteiger partial charge in [0.2, 0.25) is 11.9 Å². The van der Waals surface area contributed by atoms with Gasteiger partial charge in [-0.2, -0.15) is 0 Å². The predicted molar refractivity (Wildman–Crippen MR) is 194 cm³/mol. The third kappa shape index (κ3) is 6.16. The summed E-state index contributed by atoms with van der Waals surface area (Å²) in [6.07, 6.45) is 6.69. The van der Waals surface area contributed by atoms with Crippen molar-refractivity contribution in [3.63, 3.8) is 0 Å². The number of benzene rings is 2. The number of imidazole rings is 1. The van der Waals surface area contributed by atoms with Crippen molar-refractivity contribution in [1.29, 1.82) is 0 Å². The van der Waals surface area contributed by atoms with Gasteiger partial charge in [-0.05, 0) is 92.0 Å². The van der Waals surface area contributed by atoms with E-state index in [2.05, 4.69) is 56.6 Å². The average Bonchev–Trinajstić information content (AvgIpc) is 3.93. The number of thiophene rings is 1. The second-order valence-electron chi connectivity index (χ2n) is 12.9. The van der Waals surface area contributed by atoms with Crippen molar-refractivity contribution >= 4 is 45.9 Å². The molecule has 48 heavy (non-hydrogen) atoms. The number of nitrogens with one attached hydrogen (secondary N) is 2. The monoisotopic (exact) mass is 654 g/mol. The normalized spacial score (nSPS) is 17.8. The molecule has 0 saturated carbocycles. The molecule has 8 rings (SSSR count). The average molecular weight is 655 g/mol. The van der Waals surface area contributed by atoms with E-state index in [-0.39, 0.29) is 5.91 Å². The maximum absolute atomic E-state index is 12.8. The number of carbonyl (C=O) groups excluding carboxylic acids is 1. The Morgan fingerprint density at radius 1 is 0.917 bits per heavy atom. The Hall–Kier alpha value is -5.06. The lowest BCUT2D eigenvalue weighted by molar-refractivity contribution is -0.115. The summed E-state index contributed by atoms with van der Waals surface area (Å²) >= 11 is 1.58. The summed E-state index contributed by atoms with van der Waals surface area (Å²) in [5, 5.41) is 8.45. The fraction of sp³-hybridized carbons (Fsp3) is 0.263. The van der Waals surface area contributed by atoms with Gasteiger partial charge in [0.1, 0.15) is 5.65 Å². The van der Waals surface area contributed by atoms with Gasteiger partial charge >= 0.3 is 0 Å². The van der Waals surface area contributed by atoms with E-state index in [1.54, 1.807) is 17.5 Å². The van der Waals surface area contributed by atoms with E-state index in [1.807, 2.05) is 76.6 Å². The zero-order chi connectivity index (χ0) is 32.5. The van der Waals surface area contributed by atoms with Crippen molar-refractivity contribution < 1.29 is 4.79 Å². The second-order valence-corrected chi connectivity index (χ2v) is 13.9. The third-order valence-electron chi connectivity index (χ3n) is 9.65. The molecule has 0 bridgehead atoms. The lowest BCUT2D eigenvalue weighted by atomic mass is 9.86. The fourth-order valence-corrected chi connectivity index (χ4v) is 7.89. The number of anilines is 4. The molecule has 1 unspecified atom stereocenters. The van der Waals surface area contributed by atoms with Crippen LogP contribution < -0.4 is 15.5 Å². The molecule has 6 heterocycles. The molecule has 242 valence electrons. The van der Waals surface area contributed by atoms with Crippen molar-refractivity contribution in [3.05, 3.63) is 108 Å². The molecule has 2 N–H and O–H groups in total. The maximum atomic E-state index is 12.8. The van der Waals surface area contributed by atoms with Crippen LogP contribution in [0.15, 0.2) is 103 Å². The van der Waals surface area contributed by atoms with Crippen LogP contribution in [-0.4, -0.2) is 62.9 Å². The van der Waals surface area contributed by atoms with Gasteiger partial charge in [0.15, 0.2) is 0 Å². The van der Waals surface area contributed by atoms with E-state index in [9.17, 15) is 4.79 Å². The van der Waals surface area contributed by atoms with Crippen molar-refractivity contribution in [2.75, 3.05) is 48.3 Å². The lowest BCUT2D eigenvalue weighted by Crippen LogP contribution is -2.30. The molecule has 2 aliphatic rings. The van der Waals surface area contributed by atoms with Gasteiger partial charge in [0.05, 0.1) is 23.5 Å². The van der Waals surface area contributed by atoms with E-state index < -0.39 is 0 Å². The number of hydrogen-bond donors (Lipinski definition) is 2. The Labute approximate surface area is 284 Å². The van der Waals surface area contributed by atoms with Crippen LogP contribution in [-0.2, 0) is 11.2 Å². The molecule has 1 atom stereocenters. The predicted octanol–water partition coefficient (Wildman–Crippen LogP) is 7.37. The van der Waals surface area contributed by atoms with Crippen LogP contribution in [0.25, 0.3) is 28.3 Å². The summed E-state index contributed by atoms with van der Waals surface area (Å²) in [7, 11) is 0. The van der Waals surface area contributed by atoms with E-state index >= 15 is 0 Å². The first-order valence-electron chi connectivity index (χ1n) is 16.6. The first-order chi connectivity index (χ1) is 23.5. The molecule has 10 heteroatoms. The zero-order valence-electron chi connectivity index (χ0n) is 27.0. The van der Waals surface area contributed by atoms with Gasteiger partial charge in [0, 0.05) is 64.9 Å². The van der Waals surface area contributed by atoms with Gasteiger partial charge < -0.3 is 20.4 Å². The van der Waals surface area contributed by atoms with Crippen LogP contribution in [0.1, 0.15) is 24.6 Å². The van der Waals surface area contributed by atoms with E-state index in [1.165, 1.54) is 31.6 Å². The number of hydrogen-bond acceptors (Lipinski definition) is 8. The van der Waals surface area contributed by atoms with Crippen LogP contribution in [0.3, 0.4) is 0 Å². The highest BCUT2D eigenvalue weighted by Gasteiger charge is 2.43. The molecular formula is C38H38N8OS. The Morgan fingerprint density at radius 3 is 2.65 bits per heavy atom.